The summed E-state index contributed by atoms with van der Waals surface area (Å²) in [6.45, 7) is -0.169. The van der Waals surface area contributed by atoms with Crippen LogP contribution in [0.5, 0.6) is 11.5 Å². The fraction of sp³-hybridized carbons (Fsp3) is 0.133. The van der Waals surface area contributed by atoms with Gasteiger partial charge in [0, 0.05) is 11.8 Å². The fourth-order valence-corrected chi connectivity index (χ4v) is 1.98. The van der Waals surface area contributed by atoms with Gasteiger partial charge < -0.3 is 14.8 Å². The Morgan fingerprint density at radius 3 is 2.71 bits per heavy atom. The zero-order valence-electron chi connectivity index (χ0n) is 11.2. The van der Waals surface area contributed by atoms with Gasteiger partial charge in [-0.25, -0.2) is 0 Å². The summed E-state index contributed by atoms with van der Waals surface area (Å²) in [4.78, 5) is 11.8. The Bertz CT molecular complexity index is 647. The Kier molecular flexibility index (Phi) is 5.31. The van der Waals surface area contributed by atoms with Gasteiger partial charge in [0.25, 0.3) is 5.91 Å². The molecule has 0 bridgehead atoms. The summed E-state index contributed by atoms with van der Waals surface area (Å²) in [5.74, 6) is 0.718. The average molecular weight is 326 g/mol. The molecule has 0 saturated carbocycles. The maximum absolute atomic E-state index is 11.8. The predicted molar refractivity (Wildman–Crippen MR) is 83.6 cm³/mol. The number of methoxy groups -OCH3 is 1. The Morgan fingerprint density at radius 2 is 1.95 bits per heavy atom. The number of carbonyl (C=O) groups is 1. The average Bonchev–Trinajstić information content (AvgIpc) is 2.49. The van der Waals surface area contributed by atoms with E-state index in [1.54, 1.807) is 49.6 Å². The molecule has 0 saturated heterocycles. The van der Waals surface area contributed by atoms with E-state index < -0.39 is 0 Å². The second kappa shape index (κ2) is 7.20. The second-order valence-electron chi connectivity index (χ2n) is 4.12. The van der Waals surface area contributed by atoms with Gasteiger partial charge >= 0.3 is 0 Å². The van der Waals surface area contributed by atoms with Crippen molar-refractivity contribution in [1.29, 1.82) is 0 Å². The molecule has 0 aliphatic carbocycles. The Hall–Kier alpha value is -1.91. The lowest BCUT2D eigenvalue weighted by molar-refractivity contribution is -0.118. The second-order valence-corrected chi connectivity index (χ2v) is 4.91. The van der Waals surface area contributed by atoms with Gasteiger partial charge in [0.05, 0.1) is 12.1 Å². The van der Waals surface area contributed by atoms with Crippen molar-refractivity contribution in [3.8, 4) is 11.5 Å². The first kappa shape index (κ1) is 15.5. The highest BCUT2D eigenvalue weighted by molar-refractivity contribution is 6.42. The van der Waals surface area contributed by atoms with Crippen LogP contribution in [0.3, 0.4) is 0 Å². The third-order valence-electron chi connectivity index (χ3n) is 2.63. The van der Waals surface area contributed by atoms with Crippen molar-refractivity contribution in [2.24, 2.45) is 0 Å². The molecule has 0 fully saturated rings. The van der Waals surface area contributed by atoms with Crippen molar-refractivity contribution in [3.05, 3.63) is 52.5 Å². The molecule has 0 aromatic heterocycles. The van der Waals surface area contributed by atoms with E-state index >= 15 is 0 Å². The van der Waals surface area contributed by atoms with E-state index in [1.807, 2.05) is 0 Å². The van der Waals surface area contributed by atoms with Gasteiger partial charge in [0.2, 0.25) is 0 Å². The van der Waals surface area contributed by atoms with E-state index in [9.17, 15) is 4.79 Å². The molecule has 6 heteroatoms. The molecule has 0 unspecified atom stereocenters. The molecule has 21 heavy (non-hydrogen) atoms. The number of halogens is 2. The molecule has 1 N–H and O–H groups in total. The van der Waals surface area contributed by atoms with Gasteiger partial charge in [-0.3, -0.25) is 4.79 Å². The molecule has 0 atom stereocenters. The number of hydrogen-bond acceptors (Lipinski definition) is 3. The van der Waals surface area contributed by atoms with Crippen LogP contribution >= 0.6 is 23.2 Å². The molecule has 1 amide bonds. The Morgan fingerprint density at radius 1 is 1.19 bits per heavy atom. The van der Waals surface area contributed by atoms with Crippen molar-refractivity contribution in [2.45, 2.75) is 0 Å². The van der Waals surface area contributed by atoms with Crippen LogP contribution in [0.15, 0.2) is 42.5 Å². The fourth-order valence-electron chi connectivity index (χ4n) is 1.64. The minimum absolute atomic E-state index is 0.169. The number of benzene rings is 2. The zero-order chi connectivity index (χ0) is 15.2. The molecule has 0 radical (unpaired) electrons. The monoisotopic (exact) mass is 325 g/mol. The van der Waals surface area contributed by atoms with Crippen molar-refractivity contribution >= 4 is 34.8 Å². The van der Waals surface area contributed by atoms with Crippen LogP contribution in [0.2, 0.25) is 10.0 Å². The first-order valence-corrected chi connectivity index (χ1v) is 6.86. The van der Waals surface area contributed by atoms with E-state index in [2.05, 4.69) is 5.32 Å². The highest BCUT2D eigenvalue weighted by atomic mass is 35.5. The number of hydrogen-bond donors (Lipinski definition) is 1. The molecule has 2 rings (SSSR count). The van der Waals surface area contributed by atoms with E-state index in [0.29, 0.717) is 22.2 Å². The van der Waals surface area contributed by atoms with Crippen molar-refractivity contribution < 1.29 is 14.3 Å². The number of rotatable bonds is 5. The topological polar surface area (TPSA) is 47.6 Å². The van der Waals surface area contributed by atoms with Crippen LogP contribution in [-0.2, 0) is 4.79 Å². The van der Waals surface area contributed by atoms with Crippen molar-refractivity contribution in [1.82, 2.24) is 0 Å². The number of anilines is 1. The van der Waals surface area contributed by atoms with E-state index in [1.165, 1.54) is 0 Å². The summed E-state index contributed by atoms with van der Waals surface area (Å²) >= 11 is 11.8. The minimum atomic E-state index is -0.306. The Balaban J connectivity index is 1.94. The Labute approximate surface area is 132 Å². The first-order valence-electron chi connectivity index (χ1n) is 6.11. The lowest BCUT2D eigenvalue weighted by atomic mass is 10.3. The van der Waals surface area contributed by atoms with Crippen LogP contribution in [0.4, 0.5) is 5.69 Å². The lowest BCUT2D eigenvalue weighted by Crippen LogP contribution is -2.20. The van der Waals surface area contributed by atoms with Crippen LogP contribution in [0, 0.1) is 0 Å². The normalized spacial score (nSPS) is 10.0. The number of nitrogens with one attached hydrogen (secondary N) is 1. The van der Waals surface area contributed by atoms with E-state index in [0.717, 1.165) is 0 Å². The standard InChI is InChI=1S/C15H13Cl2NO3/c1-20-11-5-2-4-10(8-11)18-14(19)9-21-13-7-3-6-12(16)15(13)17/h2-8H,9H2,1H3,(H,18,19). The quantitative estimate of drug-likeness (QED) is 0.903. The van der Waals surface area contributed by atoms with Crippen LogP contribution in [0.1, 0.15) is 0 Å². The van der Waals surface area contributed by atoms with Gasteiger partial charge in [-0.15, -0.1) is 0 Å². The first-order chi connectivity index (χ1) is 10.1. The molecule has 0 aliphatic heterocycles. The summed E-state index contributed by atoms with van der Waals surface area (Å²) in [6.07, 6.45) is 0. The zero-order valence-corrected chi connectivity index (χ0v) is 12.7. The third-order valence-corrected chi connectivity index (χ3v) is 3.43. The summed E-state index contributed by atoms with van der Waals surface area (Å²) in [6, 6.07) is 12.0. The van der Waals surface area contributed by atoms with Crippen LogP contribution in [-0.4, -0.2) is 19.6 Å². The highest BCUT2D eigenvalue weighted by Gasteiger charge is 2.08. The minimum Gasteiger partial charge on any atom is -0.497 e. The molecule has 2 aromatic rings. The SMILES string of the molecule is COc1cccc(NC(=O)COc2cccc(Cl)c2Cl)c1. The smallest absolute Gasteiger partial charge is 0.262 e. The number of carbonyl (C=O) groups excluding carboxylic acids is 1. The maximum Gasteiger partial charge on any atom is 0.262 e. The van der Waals surface area contributed by atoms with Crippen LogP contribution in [0.25, 0.3) is 0 Å². The van der Waals surface area contributed by atoms with E-state index in [4.69, 9.17) is 32.7 Å². The predicted octanol–water partition coefficient (Wildman–Crippen LogP) is 4.02. The van der Waals surface area contributed by atoms with Gasteiger partial charge in [0.15, 0.2) is 6.61 Å². The summed E-state index contributed by atoms with van der Waals surface area (Å²) in [5.41, 5.74) is 0.625. The highest BCUT2D eigenvalue weighted by Crippen LogP contribution is 2.31. The van der Waals surface area contributed by atoms with E-state index in [-0.39, 0.29) is 17.5 Å². The molecular weight excluding hydrogens is 313 g/mol. The molecule has 0 aliphatic rings. The molecule has 110 valence electrons. The summed E-state index contributed by atoms with van der Waals surface area (Å²) < 4.78 is 10.4. The number of amides is 1. The summed E-state index contributed by atoms with van der Waals surface area (Å²) in [7, 11) is 1.56. The molecule has 2 aromatic carbocycles. The van der Waals surface area contributed by atoms with Crippen molar-refractivity contribution in [2.75, 3.05) is 19.0 Å². The molecule has 0 heterocycles. The molecule has 0 spiro atoms. The third kappa shape index (κ3) is 4.28. The lowest BCUT2D eigenvalue weighted by Gasteiger charge is -2.10. The van der Waals surface area contributed by atoms with Gasteiger partial charge in [-0.05, 0) is 24.3 Å². The maximum atomic E-state index is 11.8. The van der Waals surface area contributed by atoms with Crippen LogP contribution < -0.4 is 14.8 Å². The molecule has 4 nitrogen and oxygen atoms in total. The van der Waals surface area contributed by atoms with Gasteiger partial charge in [-0.2, -0.15) is 0 Å². The number of ether oxygens (including phenoxy) is 2. The van der Waals surface area contributed by atoms with Crippen molar-refractivity contribution in [3.63, 3.8) is 0 Å². The molecular formula is C15H13Cl2NO3. The summed E-state index contributed by atoms with van der Waals surface area (Å²) in [5, 5.41) is 3.36. The largest absolute Gasteiger partial charge is 0.497 e. The van der Waals surface area contributed by atoms with Gasteiger partial charge in [0.1, 0.15) is 16.5 Å². The van der Waals surface area contributed by atoms with Gasteiger partial charge in [-0.1, -0.05) is 35.3 Å².